The van der Waals surface area contributed by atoms with Gasteiger partial charge >= 0.3 is 5.97 Å². The number of carbonyl (C=O) groups is 4. The molecular weight excluding hydrogens is 448 g/mol. The maximum absolute atomic E-state index is 13.3. The van der Waals surface area contributed by atoms with E-state index in [4.69, 9.17) is 9.15 Å². The molecule has 1 aromatic heterocycles. The third-order valence-corrected chi connectivity index (χ3v) is 6.80. The average molecular weight is 475 g/mol. The van der Waals surface area contributed by atoms with Crippen LogP contribution in [0.25, 0.3) is 0 Å². The molecule has 8 heteroatoms. The molecule has 2 aromatic rings. The molecule has 8 nitrogen and oxygen atoms in total. The Kier molecular flexibility index (Phi) is 5.27. The quantitative estimate of drug-likeness (QED) is 0.530. The first-order valence-corrected chi connectivity index (χ1v) is 11.5. The fourth-order valence-electron chi connectivity index (χ4n) is 5.27. The van der Waals surface area contributed by atoms with Gasteiger partial charge in [-0.2, -0.15) is 0 Å². The maximum atomic E-state index is 13.3. The van der Waals surface area contributed by atoms with Gasteiger partial charge in [0, 0.05) is 23.4 Å². The van der Waals surface area contributed by atoms with Crippen molar-refractivity contribution in [3.63, 3.8) is 0 Å². The molecule has 5 rings (SSSR count). The molecule has 0 saturated heterocycles. The molecule has 1 atom stereocenters. The lowest BCUT2D eigenvalue weighted by atomic mass is 9.69. The van der Waals surface area contributed by atoms with E-state index in [-0.39, 0.29) is 29.6 Å². The number of allylic oxidation sites excluding steroid dienone is 3. The fourth-order valence-corrected chi connectivity index (χ4v) is 5.27. The van der Waals surface area contributed by atoms with Crippen LogP contribution in [0.1, 0.15) is 71.8 Å². The third-order valence-electron chi connectivity index (χ3n) is 6.80. The van der Waals surface area contributed by atoms with E-state index in [0.717, 1.165) is 10.6 Å². The second-order valence-corrected chi connectivity index (χ2v) is 9.97. The summed E-state index contributed by atoms with van der Waals surface area (Å²) < 4.78 is 11.1. The van der Waals surface area contributed by atoms with E-state index in [1.165, 1.54) is 7.11 Å². The second kappa shape index (κ2) is 8.08. The van der Waals surface area contributed by atoms with E-state index < -0.39 is 11.9 Å². The lowest BCUT2D eigenvalue weighted by Crippen LogP contribution is -2.38. The van der Waals surface area contributed by atoms with Crippen LogP contribution >= 0.6 is 0 Å². The Labute approximate surface area is 202 Å². The van der Waals surface area contributed by atoms with Crippen LogP contribution in [0.3, 0.4) is 0 Å². The van der Waals surface area contributed by atoms with Gasteiger partial charge in [-0.15, -0.1) is 0 Å². The number of nitrogens with zero attached hydrogens (tertiary/aromatic N) is 1. The number of hydrogen-bond acceptors (Lipinski definition) is 7. The zero-order chi connectivity index (χ0) is 25.1. The summed E-state index contributed by atoms with van der Waals surface area (Å²) in [6, 6.07) is 10.0. The summed E-state index contributed by atoms with van der Waals surface area (Å²) >= 11 is 0. The average Bonchev–Trinajstić information content (AvgIpc) is 3.36. The molecule has 3 aliphatic rings. The number of Topliss-reactive ketones (excluding diaryl/α,β-unsaturated/α-hetero) is 1. The molecule has 2 amide bonds. The lowest BCUT2D eigenvalue weighted by molar-refractivity contribution is -0.136. The molecule has 2 aliphatic heterocycles. The summed E-state index contributed by atoms with van der Waals surface area (Å²) in [6.45, 7) is 5.79. The third kappa shape index (κ3) is 3.69. The van der Waals surface area contributed by atoms with Gasteiger partial charge in [-0.1, -0.05) is 26.0 Å². The normalized spacial score (nSPS) is 21.2. The number of carbonyl (C=O) groups excluding carboxylic acids is 4. The number of ether oxygens (including phenoxy) is 1. The minimum Gasteiger partial charge on any atom is -0.466 e. The number of nitrogens with one attached hydrogen (secondary N) is 1. The molecule has 1 aliphatic carbocycles. The van der Waals surface area contributed by atoms with Gasteiger partial charge in [0.15, 0.2) is 5.78 Å². The van der Waals surface area contributed by atoms with Crippen molar-refractivity contribution in [1.29, 1.82) is 0 Å². The van der Waals surface area contributed by atoms with Crippen LogP contribution in [-0.4, -0.2) is 35.6 Å². The minimum atomic E-state index is -0.738. The van der Waals surface area contributed by atoms with Crippen molar-refractivity contribution in [1.82, 2.24) is 10.2 Å². The summed E-state index contributed by atoms with van der Waals surface area (Å²) in [7, 11) is 1.30. The largest absolute Gasteiger partial charge is 0.466 e. The molecule has 0 bridgehead atoms. The maximum Gasteiger partial charge on any atom is 0.336 e. The Balaban J connectivity index is 1.51. The standard InChI is InChI=1S/C27H26N2O6/c1-14-21(26(33)34-4)23(22-18(28-14)11-27(2,3)12-19(22)30)20-10-9-15(35-20)13-29-24(31)16-7-5-6-8-17(16)25(29)32/h5-10,23,28H,11-13H2,1-4H3/t23-/m1/s1. The van der Waals surface area contributed by atoms with Crippen LogP contribution in [0.2, 0.25) is 0 Å². The molecule has 0 spiro atoms. The topological polar surface area (TPSA) is 106 Å². The molecule has 1 aromatic carbocycles. The first kappa shape index (κ1) is 22.8. The molecule has 3 heterocycles. The van der Waals surface area contributed by atoms with Gasteiger partial charge in [0.1, 0.15) is 11.5 Å². The summed E-state index contributed by atoms with van der Waals surface area (Å²) in [5.41, 5.74) is 2.69. The zero-order valence-electron chi connectivity index (χ0n) is 20.1. The van der Waals surface area contributed by atoms with Gasteiger partial charge < -0.3 is 14.5 Å². The summed E-state index contributed by atoms with van der Waals surface area (Å²) in [5, 5.41) is 3.25. The van der Waals surface area contributed by atoms with Crippen molar-refractivity contribution in [2.24, 2.45) is 5.41 Å². The highest BCUT2D eigenvalue weighted by Crippen LogP contribution is 2.47. The number of amides is 2. The van der Waals surface area contributed by atoms with E-state index in [1.807, 2.05) is 13.8 Å². The van der Waals surface area contributed by atoms with Crippen LogP contribution in [-0.2, 0) is 20.9 Å². The van der Waals surface area contributed by atoms with Crippen molar-refractivity contribution >= 4 is 23.6 Å². The van der Waals surface area contributed by atoms with Crippen LogP contribution in [0.4, 0.5) is 0 Å². The van der Waals surface area contributed by atoms with Crippen LogP contribution < -0.4 is 5.32 Å². The minimum absolute atomic E-state index is 0.0547. The molecule has 0 radical (unpaired) electrons. The predicted octanol–water partition coefficient (Wildman–Crippen LogP) is 3.85. The Morgan fingerprint density at radius 1 is 1.09 bits per heavy atom. The van der Waals surface area contributed by atoms with Gasteiger partial charge in [-0.05, 0) is 43.0 Å². The van der Waals surface area contributed by atoms with Gasteiger partial charge in [-0.3, -0.25) is 19.3 Å². The number of ketones is 1. The first-order valence-electron chi connectivity index (χ1n) is 11.5. The van der Waals surface area contributed by atoms with E-state index in [0.29, 0.717) is 52.3 Å². The van der Waals surface area contributed by atoms with E-state index in [9.17, 15) is 19.2 Å². The molecule has 0 unspecified atom stereocenters. The smallest absolute Gasteiger partial charge is 0.336 e. The molecule has 180 valence electrons. The number of methoxy groups -OCH3 is 1. The Bertz CT molecular complexity index is 1320. The summed E-state index contributed by atoms with van der Waals surface area (Å²) in [4.78, 5) is 52.7. The predicted molar refractivity (Wildman–Crippen MR) is 125 cm³/mol. The molecule has 0 saturated carbocycles. The van der Waals surface area contributed by atoms with E-state index >= 15 is 0 Å². The molecule has 1 N–H and O–H groups in total. The number of imide groups is 1. The molecule has 0 fully saturated rings. The van der Waals surface area contributed by atoms with Crippen molar-refractivity contribution in [3.8, 4) is 0 Å². The Morgan fingerprint density at radius 2 is 1.74 bits per heavy atom. The highest BCUT2D eigenvalue weighted by Gasteiger charge is 2.44. The van der Waals surface area contributed by atoms with Gasteiger partial charge in [-0.25, -0.2) is 4.79 Å². The van der Waals surface area contributed by atoms with Crippen molar-refractivity contribution < 1.29 is 28.3 Å². The van der Waals surface area contributed by atoms with Crippen molar-refractivity contribution in [2.45, 2.75) is 46.1 Å². The first-order chi connectivity index (χ1) is 16.6. The van der Waals surface area contributed by atoms with Crippen LogP contribution in [0, 0.1) is 5.41 Å². The van der Waals surface area contributed by atoms with Gasteiger partial charge in [0.2, 0.25) is 0 Å². The summed E-state index contributed by atoms with van der Waals surface area (Å²) in [5.74, 6) is -1.35. The number of furan rings is 1. The monoisotopic (exact) mass is 474 g/mol. The number of rotatable bonds is 4. The van der Waals surface area contributed by atoms with Gasteiger partial charge in [0.25, 0.3) is 11.8 Å². The highest BCUT2D eigenvalue weighted by atomic mass is 16.5. The Hall–Kier alpha value is -3.94. The van der Waals surface area contributed by atoms with Crippen LogP contribution in [0.15, 0.2) is 63.4 Å². The number of benzene rings is 1. The number of dihydropyridines is 1. The Morgan fingerprint density at radius 3 is 2.37 bits per heavy atom. The van der Waals surface area contributed by atoms with Gasteiger partial charge in [0.05, 0.1) is 36.3 Å². The SMILES string of the molecule is COC(=O)C1=C(C)NC2=C(C(=O)CC(C)(C)C2)[C@@H]1c1ccc(CN2C(=O)c3ccccc3C2=O)o1. The lowest BCUT2D eigenvalue weighted by Gasteiger charge is -2.38. The van der Waals surface area contributed by atoms with E-state index in [1.54, 1.807) is 43.3 Å². The van der Waals surface area contributed by atoms with Crippen LogP contribution in [0.5, 0.6) is 0 Å². The summed E-state index contributed by atoms with van der Waals surface area (Å²) in [6.07, 6.45) is 0.999. The van der Waals surface area contributed by atoms with E-state index in [2.05, 4.69) is 5.32 Å². The van der Waals surface area contributed by atoms with Crippen molar-refractivity contribution in [3.05, 3.63) is 81.6 Å². The highest BCUT2D eigenvalue weighted by molar-refractivity contribution is 6.21. The number of esters is 1. The zero-order valence-corrected chi connectivity index (χ0v) is 20.1. The second-order valence-electron chi connectivity index (χ2n) is 9.97. The molecular formula is C27H26N2O6. The number of hydrogen-bond donors (Lipinski definition) is 1. The fraction of sp³-hybridized carbons (Fsp3) is 0.333. The molecule has 35 heavy (non-hydrogen) atoms. The number of fused-ring (bicyclic) bond motifs is 1. The van der Waals surface area contributed by atoms with Crippen molar-refractivity contribution in [2.75, 3.05) is 7.11 Å².